The normalized spacial score (nSPS) is 14.2. The van der Waals surface area contributed by atoms with Gasteiger partial charge in [-0.05, 0) is 18.2 Å². The summed E-state index contributed by atoms with van der Waals surface area (Å²) in [7, 11) is 0. The van der Waals surface area contributed by atoms with E-state index in [1.54, 1.807) is 12.1 Å². The fourth-order valence-electron chi connectivity index (χ4n) is 1.30. The van der Waals surface area contributed by atoms with Gasteiger partial charge in [0.05, 0.1) is 5.56 Å². The number of hydrogen-bond acceptors (Lipinski definition) is 4. The third-order valence-corrected chi connectivity index (χ3v) is 2.01. The van der Waals surface area contributed by atoms with Gasteiger partial charge in [0.25, 0.3) is 0 Å². The number of nitrogens with zero attached hydrogens (tertiary/aromatic N) is 1. The van der Waals surface area contributed by atoms with Crippen LogP contribution in [-0.4, -0.2) is 29.5 Å². The second kappa shape index (κ2) is 4.01. The van der Waals surface area contributed by atoms with Crippen molar-refractivity contribution in [3.63, 3.8) is 0 Å². The van der Waals surface area contributed by atoms with Gasteiger partial charge in [-0.1, -0.05) is 6.07 Å². The molecule has 0 radical (unpaired) electrons. The van der Waals surface area contributed by atoms with E-state index in [4.69, 9.17) is 5.11 Å². The van der Waals surface area contributed by atoms with Gasteiger partial charge in [0.15, 0.2) is 0 Å². The molecular formula is C10H9N3O3. The Labute approximate surface area is 91.0 Å². The Bertz CT molecular complexity index is 482. The quantitative estimate of drug-likeness (QED) is 0.666. The highest BCUT2D eigenvalue weighted by atomic mass is 16.4. The van der Waals surface area contributed by atoms with E-state index in [-0.39, 0.29) is 18.0 Å². The maximum Gasteiger partial charge on any atom is 0.335 e. The zero-order chi connectivity index (χ0) is 11.5. The number of amides is 1. The Kier molecular flexibility index (Phi) is 2.55. The highest BCUT2D eigenvalue weighted by molar-refractivity contribution is 6.09. The van der Waals surface area contributed by atoms with Crippen molar-refractivity contribution < 1.29 is 14.7 Å². The molecule has 1 aliphatic heterocycles. The van der Waals surface area contributed by atoms with Crippen LogP contribution >= 0.6 is 0 Å². The van der Waals surface area contributed by atoms with E-state index in [9.17, 15) is 9.59 Å². The molecule has 1 aliphatic rings. The number of benzene rings is 1. The minimum Gasteiger partial charge on any atom is -0.478 e. The minimum absolute atomic E-state index is 0.0982. The van der Waals surface area contributed by atoms with Crippen LogP contribution in [0.5, 0.6) is 0 Å². The maximum absolute atomic E-state index is 10.9. The number of hydrogen-bond donors (Lipinski definition) is 3. The maximum atomic E-state index is 10.9. The molecule has 1 amide bonds. The number of aromatic carboxylic acids is 1. The van der Waals surface area contributed by atoms with E-state index in [1.165, 1.54) is 12.1 Å². The first-order valence-electron chi connectivity index (χ1n) is 4.60. The number of anilines is 1. The average molecular weight is 219 g/mol. The van der Waals surface area contributed by atoms with Gasteiger partial charge in [-0.15, -0.1) is 0 Å². The molecule has 1 aromatic carbocycles. The van der Waals surface area contributed by atoms with E-state index >= 15 is 0 Å². The van der Waals surface area contributed by atoms with Gasteiger partial charge in [0, 0.05) is 5.69 Å². The van der Waals surface area contributed by atoms with Gasteiger partial charge in [0.1, 0.15) is 6.54 Å². The van der Waals surface area contributed by atoms with E-state index < -0.39 is 5.97 Å². The molecule has 0 aliphatic carbocycles. The SMILES string of the molecule is O=C1CN=C(Nc2cccc(C(=O)O)c2)N1. The Morgan fingerprint density at radius 2 is 2.31 bits per heavy atom. The number of carbonyl (C=O) groups excluding carboxylic acids is 1. The number of rotatable bonds is 2. The van der Waals surface area contributed by atoms with Gasteiger partial charge in [-0.3, -0.25) is 10.1 Å². The first-order chi connectivity index (χ1) is 7.65. The number of nitrogens with one attached hydrogen (secondary N) is 2. The molecule has 16 heavy (non-hydrogen) atoms. The number of aliphatic imine (C=N–C) groups is 1. The van der Waals surface area contributed by atoms with E-state index in [0.29, 0.717) is 11.6 Å². The molecule has 0 atom stereocenters. The Morgan fingerprint density at radius 1 is 1.50 bits per heavy atom. The number of guanidine groups is 1. The Balaban J connectivity index is 2.13. The molecule has 2 rings (SSSR count). The molecule has 3 N–H and O–H groups in total. The third kappa shape index (κ3) is 2.17. The fourth-order valence-corrected chi connectivity index (χ4v) is 1.30. The van der Waals surface area contributed by atoms with Crippen molar-refractivity contribution in [1.29, 1.82) is 0 Å². The zero-order valence-electron chi connectivity index (χ0n) is 8.23. The van der Waals surface area contributed by atoms with Crippen LogP contribution in [0.1, 0.15) is 10.4 Å². The first kappa shape index (κ1) is 10.2. The van der Waals surface area contributed by atoms with E-state index in [1.807, 2.05) is 0 Å². The van der Waals surface area contributed by atoms with Crippen molar-refractivity contribution in [3.05, 3.63) is 29.8 Å². The lowest BCUT2D eigenvalue weighted by atomic mass is 10.2. The summed E-state index contributed by atoms with van der Waals surface area (Å²) in [5.74, 6) is -0.842. The van der Waals surface area contributed by atoms with Crippen molar-refractivity contribution in [2.45, 2.75) is 0 Å². The smallest absolute Gasteiger partial charge is 0.335 e. The lowest BCUT2D eigenvalue weighted by molar-refractivity contribution is -0.117. The largest absolute Gasteiger partial charge is 0.478 e. The summed E-state index contributed by atoms with van der Waals surface area (Å²) in [4.78, 5) is 25.5. The zero-order valence-corrected chi connectivity index (χ0v) is 8.23. The van der Waals surface area contributed by atoms with Crippen LogP contribution in [0.25, 0.3) is 0 Å². The second-order valence-electron chi connectivity index (χ2n) is 3.22. The molecule has 1 aromatic rings. The molecule has 0 aromatic heterocycles. The van der Waals surface area contributed by atoms with Crippen molar-refractivity contribution >= 4 is 23.5 Å². The van der Waals surface area contributed by atoms with E-state index in [2.05, 4.69) is 15.6 Å². The summed E-state index contributed by atoms with van der Waals surface area (Å²) in [6.45, 7) is 0.0982. The highest BCUT2D eigenvalue weighted by Crippen LogP contribution is 2.10. The second-order valence-corrected chi connectivity index (χ2v) is 3.22. The summed E-state index contributed by atoms with van der Waals surface area (Å²) in [6.07, 6.45) is 0. The summed E-state index contributed by atoms with van der Waals surface area (Å²) < 4.78 is 0. The van der Waals surface area contributed by atoms with Crippen molar-refractivity contribution in [2.24, 2.45) is 4.99 Å². The van der Waals surface area contributed by atoms with Crippen LogP contribution in [0.4, 0.5) is 5.69 Å². The van der Waals surface area contributed by atoms with Gasteiger partial charge in [-0.2, -0.15) is 0 Å². The molecule has 0 fully saturated rings. The number of carboxylic acids is 1. The standard InChI is InChI=1S/C10H9N3O3/c14-8-5-11-10(13-8)12-7-3-1-2-6(4-7)9(15)16/h1-4H,5H2,(H,15,16)(H2,11,12,13,14). The van der Waals surface area contributed by atoms with Crippen LogP contribution < -0.4 is 10.6 Å². The Hall–Kier alpha value is -2.37. The predicted octanol–water partition coefficient (Wildman–Crippen LogP) is 0.282. The van der Waals surface area contributed by atoms with Crippen LogP contribution in [0.3, 0.4) is 0 Å². The average Bonchev–Trinajstić information content (AvgIpc) is 2.64. The fraction of sp³-hybridized carbons (Fsp3) is 0.100. The van der Waals surface area contributed by atoms with Gasteiger partial charge < -0.3 is 10.4 Å². The van der Waals surface area contributed by atoms with Crippen LogP contribution in [-0.2, 0) is 4.79 Å². The molecule has 0 saturated heterocycles. The van der Waals surface area contributed by atoms with Gasteiger partial charge in [0.2, 0.25) is 11.9 Å². The summed E-state index contributed by atoms with van der Waals surface area (Å²) in [5.41, 5.74) is 0.746. The van der Waals surface area contributed by atoms with Crippen LogP contribution in [0.2, 0.25) is 0 Å². The molecule has 0 saturated carbocycles. The molecule has 6 nitrogen and oxygen atoms in total. The van der Waals surface area contributed by atoms with Crippen molar-refractivity contribution in [2.75, 3.05) is 11.9 Å². The Morgan fingerprint density at radius 3 is 2.94 bits per heavy atom. The lowest BCUT2D eigenvalue weighted by Crippen LogP contribution is -2.30. The molecule has 0 spiro atoms. The molecule has 0 unspecified atom stereocenters. The number of carboxylic acid groups (broad SMARTS) is 1. The van der Waals surface area contributed by atoms with E-state index in [0.717, 1.165) is 0 Å². The third-order valence-electron chi connectivity index (χ3n) is 2.01. The molecule has 6 heteroatoms. The van der Waals surface area contributed by atoms with Crippen molar-refractivity contribution in [1.82, 2.24) is 5.32 Å². The van der Waals surface area contributed by atoms with Gasteiger partial charge in [-0.25, -0.2) is 9.79 Å². The topological polar surface area (TPSA) is 90.8 Å². The summed E-state index contributed by atoms with van der Waals surface area (Å²) in [5, 5.41) is 14.1. The lowest BCUT2D eigenvalue weighted by Gasteiger charge is -2.06. The molecular weight excluding hydrogens is 210 g/mol. The van der Waals surface area contributed by atoms with Crippen LogP contribution in [0.15, 0.2) is 29.3 Å². The predicted molar refractivity (Wildman–Crippen MR) is 57.5 cm³/mol. The summed E-state index contributed by atoms with van der Waals surface area (Å²) in [6, 6.07) is 6.26. The highest BCUT2D eigenvalue weighted by Gasteiger charge is 2.13. The van der Waals surface area contributed by atoms with Gasteiger partial charge >= 0.3 is 5.97 Å². The van der Waals surface area contributed by atoms with Crippen LogP contribution in [0, 0.1) is 0 Å². The minimum atomic E-state index is -0.999. The number of carbonyl (C=O) groups is 2. The molecule has 82 valence electrons. The monoisotopic (exact) mass is 219 g/mol. The summed E-state index contributed by atoms with van der Waals surface area (Å²) >= 11 is 0. The molecule has 1 heterocycles. The van der Waals surface area contributed by atoms with Crippen molar-refractivity contribution in [3.8, 4) is 0 Å². The molecule has 0 bridgehead atoms. The first-order valence-corrected chi connectivity index (χ1v) is 4.60.